The molecule has 1 heterocycles. The van der Waals surface area contributed by atoms with E-state index in [0.717, 1.165) is 17.7 Å². The number of carbonyl (C=O) groups excluding carboxylic acids is 4. The minimum atomic E-state index is -0.661. The second kappa shape index (κ2) is 12.1. The third-order valence-corrected chi connectivity index (χ3v) is 6.55. The molecule has 200 valence electrons. The van der Waals surface area contributed by atoms with Gasteiger partial charge in [-0.15, -0.1) is 0 Å². The maximum absolute atomic E-state index is 13.1. The molecule has 1 aliphatic rings. The Labute approximate surface area is 235 Å². The smallest absolute Gasteiger partial charge is 0.338 e. The summed E-state index contributed by atoms with van der Waals surface area (Å²) in [6.45, 7) is 4.14. The lowest BCUT2D eigenvalue weighted by Gasteiger charge is -2.17. The van der Waals surface area contributed by atoms with E-state index in [0.29, 0.717) is 45.4 Å². The lowest BCUT2D eigenvalue weighted by Crippen LogP contribution is -2.32. The highest BCUT2D eigenvalue weighted by Crippen LogP contribution is 2.33. The third-order valence-electron chi connectivity index (χ3n) is 5.97. The Kier molecular flexibility index (Phi) is 8.69. The van der Waals surface area contributed by atoms with Crippen molar-refractivity contribution in [3.05, 3.63) is 99.2 Å². The largest absolute Gasteiger partial charge is 0.462 e. The van der Waals surface area contributed by atoms with Gasteiger partial charge in [-0.25, -0.2) is 9.69 Å². The van der Waals surface area contributed by atoms with Crippen molar-refractivity contribution in [3.63, 3.8) is 0 Å². The molecule has 8 nitrogen and oxygen atoms in total. The van der Waals surface area contributed by atoms with Gasteiger partial charge in [0.15, 0.2) is 0 Å². The molecule has 0 bridgehead atoms. The summed E-state index contributed by atoms with van der Waals surface area (Å²) in [4.78, 5) is 51.5. The van der Waals surface area contributed by atoms with Crippen LogP contribution in [0, 0.1) is 6.92 Å². The van der Waals surface area contributed by atoms with Crippen LogP contribution in [-0.2, 0) is 14.3 Å². The monoisotopic (exact) mass is 565 g/mol. The van der Waals surface area contributed by atoms with Gasteiger partial charge >= 0.3 is 5.97 Å². The van der Waals surface area contributed by atoms with Crippen LogP contribution in [0.25, 0.3) is 0 Å². The van der Waals surface area contributed by atoms with Crippen molar-refractivity contribution < 1.29 is 23.9 Å². The van der Waals surface area contributed by atoms with E-state index < -0.39 is 17.8 Å². The molecule has 0 atom stereocenters. The van der Waals surface area contributed by atoms with Crippen LogP contribution in [-0.4, -0.2) is 30.3 Å². The molecule has 3 aromatic carbocycles. The molecule has 0 spiro atoms. The summed E-state index contributed by atoms with van der Waals surface area (Å²) in [6.07, 6.45) is 1.73. The number of unbranched alkanes of at least 4 members (excludes halogenated alkanes) is 1. The van der Waals surface area contributed by atoms with E-state index in [9.17, 15) is 19.2 Å². The molecular formula is C29H25Cl2N3O5. The highest BCUT2D eigenvalue weighted by atomic mass is 35.5. The van der Waals surface area contributed by atoms with Gasteiger partial charge in [0, 0.05) is 22.0 Å². The van der Waals surface area contributed by atoms with Crippen molar-refractivity contribution in [2.24, 2.45) is 0 Å². The molecule has 0 saturated carbocycles. The topological polar surface area (TPSA) is 105 Å². The number of anilines is 3. The quantitative estimate of drug-likeness (QED) is 0.179. The van der Waals surface area contributed by atoms with E-state index in [-0.39, 0.29) is 16.6 Å². The first kappa shape index (κ1) is 27.9. The normalized spacial score (nSPS) is 13.1. The molecule has 10 heteroatoms. The fraction of sp³-hybridized carbons (Fsp3) is 0.172. The van der Waals surface area contributed by atoms with Crippen LogP contribution in [0.3, 0.4) is 0 Å². The van der Waals surface area contributed by atoms with Crippen LogP contribution in [0.2, 0.25) is 5.02 Å². The summed E-state index contributed by atoms with van der Waals surface area (Å²) >= 11 is 12.3. The molecule has 0 aromatic heterocycles. The summed E-state index contributed by atoms with van der Waals surface area (Å²) in [7, 11) is 0. The first-order valence-electron chi connectivity index (χ1n) is 12.2. The minimum absolute atomic E-state index is 0.0773. The van der Waals surface area contributed by atoms with Crippen molar-refractivity contribution in [2.75, 3.05) is 22.1 Å². The molecule has 0 unspecified atom stereocenters. The van der Waals surface area contributed by atoms with Gasteiger partial charge in [0.2, 0.25) is 0 Å². The summed E-state index contributed by atoms with van der Waals surface area (Å²) < 4.78 is 5.18. The van der Waals surface area contributed by atoms with Crippen LogP contribution in [0.1, 0.15) is 46.0 Å². The molecule has 0 saturated heterocycles. The van der Waals surface area contributed by atoms with Crippen molar-refractivity contribution in [1.82, 2.24) is 0 Å². The number of rotatable bonds is 9. The van der Waals surface area contributed by atoms with Crippen molar-refractivity contribution in [3.8, 4) is 0 Å². The Morgan fingerprint density at radius 3 is 2.18 bits per heavy atom. The lowest BCUT2D eigenvalue weighted by molar-refractivity contribution is -0.120. The molecule has 2 N–H and O–H groups in total. The zero-order valence-electron chi connectivity index (χ0n) is 21.2. The third kappa shape index (κ3) is 6.30. The first-order valence-corrected chi connectivity index (χ1v) is 13.0. The van der Waals surface area contributed by atoms with Gasteiger partial charge in [0.05, 0.1) is 17.9 Å². The zero-order chi connectivity index (χ0) is 28.1. The number of benzene rings is 3. The number of esters is 1. The van der Waals surface area contributed by atoms with E-state index in [2.05, 4.69) is 10.6 Å². The first-order chi connectivity index (χ1) is 18.7. The average molecular weight is 566 g/mol. The number of carbonyl (C=O) groups is 4. The number of ether oxygens (including phenoxy) is 1. The van der Waals surface area contributed by atoms with Gasteiger partial charge in [-0.05, 0) is 79.6 Å². The molecule has 39 heavy (non-hydrogen) atoms. The molecule has 4 rings (SSSR count). The van der Waals surface area contributed by atoms with E-state index >= 15 is 0 Å². The number of nitrogens with one attached hydrogen (secondary N) is 2. The molecule has 3 aromatic rings. The zero-order valence-corrected chi connectivity index (χ0v) is 22.7. The molecule has 1 aliphatic heterocycles. The SMILES string of the molecule is CCCCOC(=O)c1ccc(NC(=O)c2ccc(NC3=C(Cl)C(=O)N(c4cc(Cl)ccc4C)C3=O)cc2)cc1. The molecule has 0 radical (unpaired) electrons. The van der Waals surface area contributed by atoms with Crippen LogP contribution in [0.4, 0.5) is 17.1 Å². The van der Waals surface area contributed by atoms with Crippen molar-refractivity contribution in [2.45, 2.75) is 26.7 Å². The average Bonchev–Trinajstić information content (AvgIpc) is 3.13. The Bertz CT molecular complexity index is 1470. The van der Waals surface area contributed by atoms with Crippen LogP contribution in [0.15, 0.2) is 77.5 Å². The van der Waals surface area contributed by atoms with E-state index in [4.69, 9.17) is 27.9 Å². The number of amides is 3. The predicted octanol–water partition coefficient (Wildman–Crippen LogP) is 6.29. The molecule has 3 amide bonds. The van der Waals surface area contributed by atoms with Gasteiger partial charge in [-0.3, -0.25) is 14.4 Å². The molecule has 0 fully saturated rings. The van der Waals surface area contributed by atoms with E-state index in [1.54, 1.807) is 67.6 Å². The lowest BCUT2D eigenvalue weighted by atomic mass is 10.1. The van der Waals surface area contributed by atoms with Crippen LogP contribution >= 0.6 is 23.2 Å². The van der Waals surface area contributed by atoms with Crippen LogP contribution in [0.5, 0.6) is 0 Å². The molecular weight excluding hydrogens is 541 g/mol. The number of aryl methyl sites for hydroxylation is 1. The maximum atomic E-state index is 13.1. The summed E-state index contributed by atoms with van der Waals surface area (Å²) in [5.41, 5.74) is 2.67. The second-order valence-electron chi connectivity index (χ2n) is 8.79. The standard InChI is InChI=1S/C29H25Cl2N3O5/c1-3-4-15-39-29(38)19-8-13-22(14-9-19)33-26(35)18-6-11-21(12-7-18)32-25-24(31)27(36)34(28(25)37)23-16-20(30)10-5-17(23)2/h5-14,16,32H,3-4,15H2,1-2H3,(H,33,35). The van der Waals surface area contributed by atoms with Gasteiger partial charge in [0.1, 0.15) is 10.7 Å². The second-order valence-corrected chi connectivity index (χ2v) is 9.60. The summed E-state index contributed by atoms with van der Waals surface area (Å²) in [5.74, 6) is -2.06. The summed E-state index contributed by atoms with van der Waals surface area (Å²) in [5, 5.41) is 5.77. The van der Waals surface area contributed by atoms with Gasteiger partial charge in [-0.1, -0.05) is 42.6 Å². The summed E-state index contributed by atoms with van der Waals surface area (Å²) in [6, 6.07) is 17.6. The maximum Gasteiger partial charge on any atom is 0.338 e. The van der Waals surface area contributed by atoms with Gasteiger partial charge in [0.25, 0.3) is 17.7 Å². The Hall–Kier alpha value is -4.14. The number of hydrogen-bond acceptors (Lipinski definition) is 6. The Balaban J connectivity index is 1.40. The fourth-order valence-corrected chi connectivity index (χ4v) is 4.17. The fourth-order valence-electron chi connectivity index (χ4n) is 3.79. The number of halogens is 2. The van der Waals surface area contributed by atoms with E-state index in [1.165, 1.54) is 6.07 Å². The van der Waals surface area contributed by atoms with Gasteiger partial charge < -0.3 is 15.4 Å². The van der Waals surface area contributed by atoms with Crippen LogP contribution < -0.4 is 15.5 Å². The van der Waals surface area contributed by atoms with Gasteiger partial charge in [-0.2, -0.15) is 0 Å². The highest BCUT2D eigenvalue weighted by Gasteiger charge is 2.39. The highest BCUT2D eigenvalue weighted by molar-refractivity contribution is 6.53. The number of hydrogen-bond donors (Lipinski definition) is 2. The van der Waals surface area contributed by atoms with Crippen molar-refractivity contribution >= 4 is 64.0 Å². The van der Waals surface area contributed by atoms with E-state index in [1.807, 2.05) is 6.92 Å². The minimum Gasteiger partial charge on any atom is -0.462 e. The molecule has 0 aliphatic carbocycles. The number of nitrogens with zero attached hydrogens (tertiary/aromatic N) is 1. The van der Waals surface area contributed by atoms with Crippen molar-refractivity contribution in [1.29, 1.82) is 0 Å². The Morgan fingerprint density at radius 1 is 0.872 bits per heavy atom. The number of imide groups is 1. The predicted molar refractivity (Wildman–Crippen MR) is 151 cm³/mol. The Morgan fingerprint density at radius 2 is 1.51 bits per heavy atom.